The highest BCUT2D eigenvalue weighted by molar-refractivity contribution is 7.89. The van der Waals surface area contributed by atoms with Crippen LogP contribution in [-0.2, 0) is 10.0 Å². The van der Waals surface area contributed by atoms with Crippen LogP contribution in [-0.4, -0.2) is 50.3 Å². The van der Waals surface area contributed by atoms with Crippen LogP contribution in [0.2, 0.25) is 0 Å². The van der Waals surface area contributed by atoms with E-state index >= 15 is 0 Å². The van der Waals surface area contributed by atoms with Crippen LogP contribution >= 0.6 is 0 Å². The molecule has 0 N–H and O–H groups in total. The van der Waals surface area contributed by atoms with Crippen molar-refractivity contribution in [1.29, 1.82) is 0 Å². The van der Waals surface area contributed by atoms with Crippen LogP contribution in [0.5, 0.6) is 5.75 Å². The number of likely N-dealkylation sites (tertiary alicyclic amines) is 1. The van der Waals surface area contributed by atoms with Crippen LogP contribution < -0.4 is 4.74 Å². The summed E-state index contributed by atoms with van der Waals surface area (Å²) in [6.45, 7) is 1.33. The molecule has 2 aliphatic heterocycles. The number of halogens is 1. The standard InChI is InChI=1S/C23H27FN2O4S/c1-30-19-10-7-17(8-11-19)21-6-5-15-26(21)23(27)18-9-12-20(24)22(16-18)31(28,29)25-13-3-2-4-14-25/h7-12,16,21H,2-6,13-15H2,1H3/t21-/m1/s1. The van der Waals surface area contributed by atoms with E-state index in [4.69, 9.17) is 4.74 Å². The molecule has 0 aromatic heterocycles. The number of amides is 1. The molecule has 0 radical (unpaired) electrons. The Kier molecular flexibility index (Phi) is 6.29. The van der Waals surface area contributed by atoms with Gasteiger partial charge in [0, 0.05) is 25.2 Å². The van der Waals surface area contributed by atoms with Crippen LogP contribution in [0, 0.1) is 5.82 Å². The molecule has 31 heavy (non-hydrogen) atoms. The van der Waals surface area contributed by atoms with E-state index < -0.39 is 20.7 Å². The number of sulfonamides is 1. The van der Waals surface area contributed by atoms with Gasteiger partial charge in [-0.1, -0.05) is 18.6 Å². The van der Waals surface area contributed by atoms with E-state index in [1.165, 1.54) is 16.4 Å². The number of hydrogen-bond acceptors (Lipinski definition) is 4. The molecule has 0 aliphatic carbocycles. The Morgan fingerprint density at radius 2 is 1.71 bits per heavy atom. The Morgan fingerprint density at radius 3 is 2.39 bits per heavy atom. The largest absolute Gasteiger partial charge is 0.497 e. The molecule has 1 atom stereocenters. The van der Waals surface area contributed by atoms with Crippen molar-refractivity contribution in [2.45, 2.75) is 43.0 Å². The van der Waals surface area contributed by atoms with Gasteiger partial charge in [0.25, 0.3) is 5.91 Å². The van der Waals surface area contributed by atoms with Crippen molar-refractivity contribution in [3.63, 3.8) is 0 Å². The first-order valence-electron chi connectivity index (χ1n) is 10.7. The fourth-order valence-electron chi connectivity index (χ4n) is 4.43. The summed E-state index contributed by atoms with van der Waals surface area (Å²) >= 11 is 0. The Bertz CT molecular complexity index is 1050. The maximum atomic E-state index is 14.5. The quantitative estimate of drug-likeness (QED) is 0.697. The van der Waals surface area contributed by atoms with Gasteiger partial charge >= 0.3 is 0 Å². The van der Waals surface area contributed by atoms with Gasteiger partial charge in [-0.25, -0.2) is 12.8 Å². The van der Waals surface area contributed by atoms with E-state index in [1.54, 1.807) is 12.0 Å². The summed E-state index contributed by atoms with van der Waals surface area (Å²) in [5, 5.41) is 0. The molecule has 2 saturated heterocycles. The summed E-state index contributed by atoms with van der Waals surface area (Å²) < 4.78 is 47.1. The van der Waals surface area contributed by atoms with Crippen molar-refractivity contribution in [2.75, 3.05) is 26.7 Å². The minimum absolute atomic E-state index is 0.106. The highest BCUT2D eigenvalue weighted by Crippen LogP contribution is 2.34. The summed E-state index contributed by atoms with van der Waals surface area (Å²) in [4.78, 5) is 14.6. The van der Waals surface area contributed by atoms with Gasteiger partial charge in [0.2, 0.25) is 10.0 Å². The minimum atomic E-state index is -3.97. The minimum Gasteiger partial charge on any atom is -0.497 e. The third-order valence-corrected chi connectivity index (χ3v) is 8.04. The van der Waals surface area contributed by atoms with Crippen molar-refractivity contribution < 1.29 is 22.3 Å². The summed E-state index contributed by atoms with van der Waals surface area (Å²) in [7, 11) is -2.37. The summed E-state index contributed by atoms with van der Waals surface area (Å²) in [6.07, 6.45) is 4.16. The van der Waals surface area contributed by atoms with Crippen molar-refractivity contribution in [1.82, 2.24) is 9.21 Å². The van der Waals surface area contributed by atoms with Gasteiger partial charge < -0.3 is 9.64 Å². The third kappa shape index (κ3) is 4.32. The summed E-state index contributed by atoms with van der Waals surface area (Å²) in [5.74, 6) is -0.366. The number of benzene rings is 2. The van der Waals surface area contributed by atoms with Crippen molar-refractivity contribution in [3.05, 3.63) is 59.4 Å². The lowest BCUT2D eigenvalue weighted by Crippen LogP contribution is -2.36. The predicted octanol–water partition coefficient (Wildman–Crippen LogP) is 3.99. The SMILES string of the molecule is COc1ccc([C@H]2CCCN2C(=O)c2ccc(F)c(S(=O)(=O)N3CCCCC3)c2)cc1. The summed E-state index contributed by atoms with van der Waals surface area (Å²) in [6, 6.07) is 11.1. The fraction of sp³-hybridized carbons (Fsp3) is 0.435. The van der Waals surface area contributed by atoms with E-state index in [0.29, 0.717) is 19.6 Å². The smallest absolute Gasteiger partial charge is 0.254 e. The maximum absolute atomic E-state index is 14.5. The number of methoxy groups -OCH3 is 1. The molecule has 6 nitrogen and oxygen atoms in total. The van der Waals surface area contributed by atoms with Crippen LogP contribution in [0.25, 0.3) is 0 Å². The number of carbonyl (C=O) groups is 1. The zero-order valence-electron chi connectivity index (χ0n) is 17.6. The van der Waals surface area contributed by atoms with Gasteiger partial charge in [0.15, 0.2) is 0 Å². The fourth-order valence-corrected chi connectivity index (χ4v) is 6.03. The van der Waals surface area contributed by atoms with Gasteiger partial charge in [-0.2, -0.15) is 4.31 Å². The molecular formula is C23H27FN2O4S. The van der Waals surface area contributed by atoms with Gasteiger partial charge in [-0.05, 0) is 61.6 Å². The molecule has 4 rings (SSSR count). The molecule has 2 fully saturated rings. The van der Waals surface area contributed by atoms with Crippen molar-refractivity contribution >= 4 is 15.9 Å². The molecule has 2 aromatic carbocycles. The number of hydrogen-bond donors (Lipinski definition) is 0. The van der Waals surface area contributed by atoms with Crippen molar-refractivity contribution in [2.24, 2.45) is 0 Å². The molecule has 0 bridgehead atoms. The van der Waals surface area contributed by atoms with Gasteiger partial charge in [0.05, 0.1) is 13.2 Å². The third-order valence-electron chi connectivity index (χ3n) is 6.13. The zero-order chi connectivity index (χ0) is 22.0. The number of rotatable bonds is 5. The molecule has 0 saturated carbocycles. The summed E-state index contributed by atoms with van der Waals surface area (Å²) in [5.41, 5.74) is 1.19. The van der Waals surface area contributed by atoms with Crippen molar-refractivity contribution in [3.8, 4) is 5.75 Å². The van der Waals surface area contributed by atoms with Gasteiger partial charge in [-0.3, -0.25) is 4.79 Å². The zero-order valence-corrected chi connectivity index (χ0v) is 18.4. The first-order chi connectivity index (χ1) is 14.9. The van der Waals surface area contributed by atoms with E-state index in [0.717, 1.165) is 49.5 Å². The molecule has 166 valence electrons. The highest BCUT2D eigenvalue weighted by atomic mass is 32.2. The number of ether oxygens (including phenoxy) is 1. The maximum Gasteiger partial charge on any atom is 0.254 e. The van der Waals surface area contributed by atoms with E-state index in [1.807, 2.05) is 24.3 Å². The van der Waals surface area contributed by atoms with Crippen LogP contribution in [0.15, 0.2) is 47.4 Å². The predicted molar refractivity (Wildman–Crippen MR) is 115 cm³/mol. The molecule has 1 amide bonds. The Morgan fingerprint density at radius 1 is 1.00 bits per heavy atom. The Balaban J connectivity index is 1.61. The Hall–Kier alpha value is -2.45. The molecule has 0 unspecified atom stereocenters. The topological polar surface area (TPSA) is 66.9 Å². The highest BCUT2D eigenvalue weighted by Gasteiger charge is 2.33. The van der Waals surface area contributed by atoms with E-state index in [9.17, 15) is 17.6 Å². The second kappa shape index (κ2) is 8.96. The lowest BCUT2D eigenvalue weighted by atomic mass is 10.0. The Labute approximate surface area is 182 Å². The average molecular weight is 447 g/mol. The van der Waals surface area contributed by atoms with Gasteiger partial charge in [-0.15, -0.1) is 0 Å². The molecule has 8 heteroatoms. The monoisotopic (exact) mass is 446 g/mol. The lowest BCUT2D eigenvalue weighted by Gasteiger charge is -2.27. The average Bonchev–Trinajstić information content (AvgIpc) is 3.29. The first kappa shape index (κ1) is 21.8. The van der Waals surface area contributed by atoms with Crippen LogP contribution in [0.4, 0.5) is 4.39 Å². The van der Waals surface area contributed by atoms with Crippen LogP contribution in [0.3, 0.4) is 0 Å². The molecule has 2 aliphatic rings. The number of carbonyl (C=O) groups excluding carboxylic acids is 1. The van der Waals surface area contributed by atoms with E-state index in [2.05, 4.69) is 0 Å². The second-order valence-corrected chi connectivity index (χ2v) is 9.95. The molecule has 2 heterocycles. The molecule has 0 spiro atoms. The molecule has 2 aromatic rings. The van der Waals surface area contributed by atoms with E-state index in [-0.39, 0.29) is 17.5 Å². The lowest BCUT2D eigenvalue weighted by molar-refractivity contribution is 0.0735. The number of piperidine rings is 1. The first-order valence-corrected chi connectivity index (χ1v) is 12.1. The van der Waals surface area contributed by atoms with Crippen LogP contribution in [0.1, 0.15) is 54.1 Å². The molecular weight excluding hydrogens is 419 g/mol. The second-order valence-electron chi connectivity index (χ2n) is 8.04. The number of nitrogens with zero attached hydrogens (tertiary/aromatic N) is 2. The normalized spacial score (nSPS) is 20.1. The van der Waals surface area contributed by atoms with Gasteiger partial charge in [0.1, 0.15) is 16.5 Å².